The molecule has 0 unspecified atom stereocenters. The fraction of sp³-hybridized carbons (Fsp3) is 0.364. The minimum Gasteiger partial charge on any atom is -0.481 e. The first-order valence-corrected chi connectivity index (χ1v) is 6.42. The third-order valence-electron chi connectivity index (χ3n) is 2.45. The standard InChI is InChI=1S/C11H11F2N3O2S/c1-6-2-3-14-10-9(6)15-11(19-5-8(17)18)16(10)4-7(12)13/h2-3,7H,4-5H2,1H3,(H,17,18). The van der Waals surface area contributed by atoms with Crippen molar-refractivity contribution in [2.45, 2.75) is 25.1 Å². The molecule has 0 radical (unpaired) electrons. The Morgan fingerprint density at radius 2 is 2.32 bits per heavy atom. The van der Waals surface area contributed by atoms with E-state index in [9.17, 15) is 13.6 Å². The van der Waals surface area contributed by atoms with E-state index in [0.717, 1.165) is 17.3 Å². The zero-order valence-corrected chi connectivity index (χ0v) is 10.8. The van der Waals surface area contributed by atoms with Crippen molar-refractivity contribution in [3.05, 3.63) is 17.8 Å². The molecular weight excluding hydrogens is 276 g/mol. The molecule has 2 rings (SSSR count). The first-order valence-electron chi connectivity index (χ1n) is 5.43. The van der Waals surface area contributed by atoms with Crippen molar-refractivity contribution in [3.63, 3.8) is 0 Å². The van der Waals surface area contributed by atoms with Gasteiger partial charge in [-0.05, 0) is 18.6 Å². The fourth-order valence-electron chi connectivity index (χ4n) is 1.66. The Morgan fingerprint density at radius 1 is 1.58 bits per heavy atom. The van der Waals surface area contributed by atoms with Crippen molar-refractivity contribution < 1.29 is 18.7 Å². The van der Waals surface area contributed by atoms with Crippen molar-refractivity contribution >= 4 is 28.9 Å². The first kappa shape index (κ1) is 13.7. The Hall–Kier alpha value is -1.70. The fourth-order valence-corrected chi connectivity index (χ4v) is 2.38. The number of fused-ring (bicyclic) bond motifs is 1. The molecular formula is C11H11F2N3O2S. The summed E-state index contributed by atoms with van der Waals surface area (Å²) in [5, 5.41) is 8.90. The van der Waals surface area contributed by atoms with Gasteiger partial charge in [0.1, 0.15) is 5.52 Å². The summed E-state index contributed by atoms with van der Waals surface area (Å²) in [6, 6.07) is 1.73. The van der Waals surface area contributed by atoms with Crippen LogP contribution in [-0.4, -0.2) is 37.8 Å². The van der Waals surface area contributed by atoms with E-state index in [2.05, 4.69) is 9.97 Å². The van der Waals surface area contributed by atoms with Crippen LogP contribution in [0.1, 0.15) is 5.56 Å². The summed E-state index contributed by atoms with van der Waals surface area (Å²) in [7, 11) is 0. The van der Waals surface area contributed by atoms with E-state index in [0.29, 0.717) is 11.2 Å². The van der Waals surface area contributed by atoms with Crippen molar-refractivity contribution in [1.29, 1.82) is 0 Å². The number of pyridine rings is 1. The Morgan fingerprint density at radius 3 is 2.95 bits per heavy atom. The topological polar surface area (TPSA) is 68.0 Å². The van der Waals surface area contributed by atoms with E-state index in [4.69, 9.17) is 5.11 Å². The average Bonchev–Trinajstić information content (AvgIpc) is 2.66. The van der Waals surface area contributed by atoms with Crippen molar-refractivity contribution in [1.82, 2.24) is 14.5 Å². The Balaban J connectivity index is 2.47. The molecule has 0 atom stereocenters. The monoisotopic (exact) mass is 287 g/mol. The summed E-state index contributed by atoms with van der Waals surface area (Å²) in [6.45, 7) is 1.25. The number of rotatable bonds is 5. The predicted molar refractivity (Wildman–Crippen MR) is 66.6 cm³/mol. The van der Waals surface area contributed by atoms with Crippen molar-refractivity contribution in [3.8, 4) is 0 Å². The number of carbonyl (C=O) groups is 1. The molecule has 5 nitrogen and oxygen atoms in total. The second-order valence-electron chi connectivity index (χ2n) is 3.88. The maximum atomic E-state index is 12.6. The first-order chi connectivity index (χ1) is 8.99. The summed E-state index contributed by atoms with van der Waals surface area (Å²) in [5.74, 6) is -1.25. The molecule has 0 aliphatic heterocycles. The van der Waals surface area contributed by atoms with Gasteiger partial charge in [0, 0.05) is 6.20 Å². The predicted octanol–water partition coefficient (Wildman–Crippen LogP) is 2.18. The highest BCUT2D eigenvalue weighted by Gasteiger charge is 2.17. The number of carboxylic acid groups (broad SMARTS) is 1. The van der Waals surface area contributed by atoms with Gasteiger partial charge in [-0.15, -0.1) is 0 Å². The highest BCUT2D eigenvalue weighted by atomic mass is 32.2. The van der Waals surface area contributed by atoms with Crippen molar-refractivity contribution in [2.75, 3.05) is 5.75 Å². The number of carboxylic acids is 1. The van der Waals surface area contributed by atoms with Gasteiger partial charge in [0.05, 0.1) is 12.3 Å². The number of hydrogen-bond donors (Lipinski definition) is 1. The number of nitrogens with zero attached hydrogens (tertiary/aromatic N) is 3. The van der Waals surface area contributed by atoms with Gasteiger partial charge in [-0.25, -0.2) is 18.7 Å². The number of thioether (sulfide) groups is 1. The number of aromatic nitrogens is 3. The third-order valence-corrected chi connectivity index (χ3v) is 3.41. The highest BCUT2D eigenvalue weighted by Crippen LogP contribution is 2.25. The second kappa shape index (κ2) is 5.52. The maximum Gasteiger partial charge on any atom is 0.313 e. The number of imidazole rings is 1. The molecule has 0 aromatic carbocycles. The van der Waals surface area contributed by atoms with E-state index < -0.39 is 18.9 Å². The number of alkyl halides is 2. The maximum absolute atomic E-state index is 12.6. The number of hydrogen-bond acceptors (Lipinski definition) is 4. The quantitative estimate of drug-likeness (QED) is 0.854. The molecule has 102 valence electrons. The van der Waals surface area contributed by atoms with Gasteiger partial charge < -0.3 is 5.11 Å². The van der Waals surface area contributed by atoms with E-state index in [1.807, 2.05) is 0 Å². The van der Waals surface area contributed by atoms with Gasteiger partial charge in [0.25, 0.3) is 6.43 Å². The van der Waals surface area contributed by atoms with Crippen molar-refractivity contribution in [2.24, 2.45) is 0 Å². The smallest absolute Gasteiger partial charge is 0.313 e. The molecule has 19 heavy (non-hydrogen) atoms. The molecule has 0 aliphatic carbocycles. The molecule has 0 saturated carbocycles. The van der Waals surface area contributed by atoms with Crippen LogP contribution in [0.3, 0.4) is 0 Å². The molecule has 0 aliphatic rings. The van der Waals surface area contributed by atoms with Crippen LogP contribution in [0.25, 0.3) is 11.2 Å². The zero-order valence-electron chi connectivity index (χ0n) is 10.0. The molecule has 0 amide bonds. The van der Waals surface area contributed by atoms with Crippen LogP contribution in [0, 0.1) is 6.92 Å². The Labute approximate surface area is 111 Å². The van der Waals surface area contributed by atoms with Crippen LogP contribution in [-0.2, 0) is 11.3 Å². The summed E-state index contributed by atoms with van der Waals surface area (Å²) < 4.78 is 26.5. The second-order valence-corrected chi connectivity index (χ2v) is 4.82. The van der Waals surface area contributed by atoms with Crippen LogP contribution in [0.15, 0.2) is 17.4 Å². The van der Waals surface area contributed by atoms with Gasteiger partial charge in [-0.2, -0.15) is 0 Å². The van der Waals surface area contributed by atoms with Gasteiger partial charge in [-0.3, -0.25) is 9.36 Å². The summed E-state index contributed by atoms with van der Waals surface area (Å²) in [5.41, 5.74) is 1.69. The lowest BCUT2D eigenvalue weighted by atomic mass is 10.3. The van der Waals surface area contributed by atoms with E-state index >= 15 is 0 Å². The largest absolute Gasteiger partial charge is 0.481 e. The van der Waals surface area contributed by atoms with Gasteiger partial charge >= 0.3 is 5.97 Å². The summed E-state index contributed by atoms with van der Waals surface area (Å²) >= 11 is 0.911. The molecule has 2 aromatic heterocycles. The number of aliphatic carboxylic acids is 1. The molecule has 0 bridgehead atoms. The normalized spacial score (nSPS) is 11.4. The Bertz CT molecular complexity index is 615. The summed E-state index contributed by atoms with van der Waals surface area (Å²) in [4.78, 5) is 18.8. The lowest BCUT2D eigenvalue weighted by Gasteiger charge is -2.06. The Kier molecular flexibility index (Phi) is 3.98. The van der Waals surface area contributed by atoms with Crippen LogP contribution in [0.5, 0.6) is 0 Å². The van der Waals surface area contributed by atoms with Gasteiger partial charge in [0.2, 0.25) is 0 Å². The molecule has 2 heterocycles. The molecule has 0 spiro atoms. The molecule has 2 aromatic rings. The van der Waals surface area contributed by atoms with Gasteiger partial charge in [0.15, 0.2) is 10.8 Å². The molecule has 0 saturated heterocycles. The van der Waals surface area contributed by atoms with E-state index in [-0.39, 0.29) is 10.9 Å². The van der Waals surface area contributed by atoms with E-state index in [1.54, 1.807) is 13.0 Å². The lowest BCUT2D eigenvalue weighted by Crippen LogP contribution is -2.09. The SMILES string of the molecule is Cc1ccnc2c1nc(SCC(=O)O)n2CC(F)F. The van der Waals surface area contributed by atoms with Gasteiger partial charge in [-0.1, -0.05) is 11.8 Å². The van der Waals surface area contributed by atoms with Crippen LogP contribution in [0.2, 0.25) is 0 Å². The van der Waals surface area contributed by atoms with Crippen LogP contribution in [0.4, 0.5) is 8.78 Å². The average molecular weight is 287 g/mol. The lowest BCUT2D eigenvalue weighted by molar-refractivity contribution is -0.133. The third kappa shape index (κ3) is 3.01. The number of aryl methyl sites for hydroxylation is 1. The molecule has 1 N–H and O–H groups in total. The van der Waals surface area contributed by atoms with Crippen LogP contribution >= 0.6 is 11.8 Å². The summed E-state index contributed by atoms with van der Waals surface area (Å²) in [6.07, 6.45) is -1.03. The number of halogens is 2. The molecule has 0 fully saturated rings. The minimum absolute atomic E-state index is 0.231. The van der Waals surface area contributed by atoms with Crippen LogP contribution < -0.4 is 0 Å². The van der Waals surface area contributed by atoms with E-state index in [1.165, 1.54) is 10.8 Å². The minimum atomic E-state index is -2.55. The highest BCUT2D eigenvalue weighted by molar-refractivity contribution is 7.99. The molecule has 8 heteroatoms. The zero-order chi connectivity index (χ0) is 14.0.